The van der Waals surface area contributed by atoms with E-state index in [9.17, 15) is 0 Å². The Morgan fingerprint density at radius 2 is 1.07 bits per heavy atom. The Bertz CT molecular complexity index is 2680. The highest BCUT2D eigenvalue weighted by molar-refractivity contribution is 6.09. The smallest absolute Gasteiger partial charge is 0.139 e. The van der Waals surface area contributed by atoms with Crippen LogP contribution in [0.1, 0.15) is 63.3 Å². The molecule has 282 valence electrons. The van der Waals surface area contributed by atoms with Crippen LogP contribution in [0.5, 0.6) is 11.5 Å². The Morgan fingerprint density at radius 3 is 1.59 bits per heavy atom. The minimum absolute atomic E-state index is 0.104. The number of ether oxygens (including phenoxy) is 4. The van der Waals surface area contributed by atoms with E-state index in [4.69, 9.17) is 23.4 Å². The first-order chi connectivity index (χ1) is 27.1. The van der Waals surface area contributed by atoms with Crippen molar-refractivity contribution in [2.24, 2.45) is 5.41 Å². The van der Waals surface area contributed by atoms with Gasteiger partial charge in [-0.05, 0) is 86.3 Å². The third-order valence-electron chi connectivity index (χ3n) is 13.1. The van der Waals surface area contributed by atoms with Crippen molar-refractivity contribution in [1.29, 1.82) is 0 Å². The van der Waals surface area contributed by atoms with Gasteiger partial charge in [-0.2, -0.15) is 0 Å². The molecular formula is C51H48O5. The number of benzene rings is 6. The Hall–Kier alpha value is -5.36. The van der Waals surface area contributed by atoms with Gasteiger partial charge in [-0.1, -0.05) is 107 Å². The normalized spacial score (nSPS) is 16.6. The van der Waals surface area contributed by atoms with Gasteiger partial charge < -0.3 is 23.4 Å². The molecule has 0 saturated carbocycles. The molecule has 3 aliphatic rings. The minimum atomic E-state index is -0.124. The molecular weight excluding hydrogens is 693 g/mol. The van der Waals surface area contributed by atoms with E-state index >= 15 is 0 Å². The van der Waals surface area contributed by atoms with E-state index in [1.807, 2.05) is 6.07 Å². The molecule has 2 heterocycles. The molecule has 5 heteroatoms. The van der Waals surface area contributed by atoms with Gasteiger partial charge in [0.1, 0.15) is 29.3 Å². The zero-order chi connectivity index (χ0) is 38.4. The first-order valence-corrected chi connectivity index (χ1v) is 20.0. The van der Waals surface area contributed by atoms with Gasteiger partial charge in [-0.25, -0.2) is 0 Å². The van der Waals surface area contributed by atoms with Crippen LogP contribution in [0, 0.1) is 5.41 Å². The summed E-state index contributed by atoms with van der Waals surface area (Å²) in [5.41, 5.74) is 16.4. The van der Waals surface area contributed by atoms with E-state index in [-0.39, 0.29) is 16.2 Å². The second-order valence-electron chi connectivity index (χ2n) is 17.1. The van der Waals surface area contributed by atoms with E-state index in [0.717, 1.165) is 75.3 Å². The van der Waals surface area contributed by atoms with Crippen LogP contribution in [-0.2, 0) is 20.3 Å². The molecule has 0 spiro atoms. The molecule has 1 aliphatic heterocycles. The summed E-state index contributed by atoms with van der Waals surface area (Å²) in [6.07, 6.45) is 1.05. The fraction of sp³-hybridized carbons (Fsp3) is 0.294. The Morgan fingerprint density at radius 1 is 0.554 bits per heavy atom. The van der Waals surface area contributed by atoms with Crippen molar-refractivity contribution in [3.8, 4) is 56.0 Å². The molecule has 0 unspecified atom stereocenters. The summed E-state index contributed by atoms with van der Waals surface area (Å²) in [7, 11) is 1.74. The molecule has 0 bridgehead atoms. The van der Waals surface area contributed by atoms with Gasteiger partial charge in [0.2, 0.25) is 0 Å². The minimum Gasteiger partial charge on any atom is -0.496 e. The molecule has 1 fully saturated rings. The summed E-state index contributed by atoms with van der Waals surface area (Å²) in [5, 5.41) is 2.07. The van der Waals surface area contributed by atoms with E-state index in [1.54, 1.807) is 7.11 Å². The number of hydrogen-bond acceptors (Lipinski definition) is 5. The second kappa shape index (κ2) is 12.8. The third-order valence-corrected chi connectivity index (χ3v) is 13.1. The topological polar surface area (TPSA) is 50.1 Å². The van der Waals surface area contributed by atoms with Gasteiger partial charge in [0.05, 0.1) is 33.5 Å². The molecule has 1 saturated heterocycles. The van der Waals surface area contributed by atoms with Crippen LogP contribution in [-0.4, -0.2) is 40.1 Å². The summed E-state index contributed by atoms with van der Waals surface area (Å²) in [6.45, 7) is 14.6. The summed E-state index contributed by atoms with van der Waals surface area (Å²) >= 11 is 0. The first kappa shape index (κ1) is 35.1. The van der Waals surface area contributed by atoms with Crippen LogP contribution in [0.25, 0.3) is 66.4 Å². The molecule has 5 nitrogen and oxygen atoms in total. The lowest BCUT2D eigenvalue weighted by atomic mass is 9.81. The quantitative estimate of drug-likeness (QED) is 0.131. The molecule has 6 aromatic carbocycles. The largest absolute Gasteiger partial charge is 0.496 e. The van der Waals surface area contributed by atoms with Crippen LogP contribution in [0.2, 0.25) is 0 Å². The molecule has 1 aromatic heterocycles. The van der Waals surface area contributed by atoms with Crippen molar-refractivity contribution in [2.45, 2.75) is 51.9 Å². The highest BCUT2D eigenvalue weighted by atomic mass is 16.5. The average molecular weight is 741 g/mol. The zero-order valence-corrected chi connectivity index (χ0v) is 33.2. The number of hydrogen-bond donors (Lipinski definition) is 0. The summed E-state index contributed by atoms with van der Waals surface area (Å²) in [6, 6.07) is 39.9. The Kier molecular flexibility index (Phi) is 8.04. The standard InChI is InChI=1S/C51H48O5/c1-7-51(29-54-30-51)28-53-20-21-55-46-27-48-40(25-38(46)32-17-19-36-34-13-9-11-15-42(34)50(4,5)44(36)23-32)39-24-37(45(52-6)26-47(39)56-48)31-16-18-35-33-12-8-10-14-41(33)49(2,3)43(35)22-31/h8-19,22-27H,7,20-21,28-30H2,1-6H3. The van der Waals surface area contributed by atoms with Crippen molar-refractivity contribution in [2.75, 3.05) is 40.1 Å². The van der Waals surface area contributed by atoms with Gasteiger partial charge in [0.25, 0.3) is 0 Å². The van der Waals surface area contributed by atoms with E-state index in [0.29, 0.717) is 19.8 Å². The van der Waals surface area contributed by atoms with Crippen LogP contribution in [0.3, 0.4) is 0 Å². The average Bonchev–Trinajstić information content (AvgIpc) is 3.75. The van der Waals surface area contributed by atoms with Crippen molar-refractivity contribution >= 4 is 21.9 Å². The SMILES string of the molecule is CCC1(COCCOc2cc3oc4cc(OC)c(-c5ccc6c(c5)C(C)(C)c5ccccc5-6)cc4c3cc2-c2ccc3c(c2)C(C)(C)c2ccccc2-3)COC1. The fourth-order valence-electron chi connectivity index (χ4n) is 9.59. The highest BCUT2D eigenvalue weighted by Crippen LogP contribution is 2.52. The molecule has 0 atom stereocenters. The molecule has 7 aromatic rings. The van der Waals surface area contributed by atoms with Crippen LogP contribution >= 0.6 is 0 Å². The van der Waals surface area contributed by atoms with Crippen molar-refractivity contribution in [3.05, 3.63) is 131 Å². The summed E-state index contributed by atoms with van der Waals surface area (Å²) in [4.78, 5) is 0. The lowest BCUT2D eigenvalue weighted by molar-refractivity contribution is -0.151. The lowest BCUT2D eigenvalue weighted by Gasteiger charge is -2.40. The van der Waals surface area contributed by atoms with Gasteiger partial charge in [0, 0.05) is 50.3 Å². The van der Waals surface area contributed by atoms with E-state index in [2.05, 4.69) is 138 Å². The summed E-state index contributed by atoms with van der Waals surface area (Å²) in [5.74, 6) is 1.55. The zero-order valence-electron chi connectivity index (χ0n) is 33.2. The molecule has 56 heavy (non-hydrogen) atoms. The molecule has 0 radical (unpaired) electrons. The first-order valence-electron chi connectivity index (χ1n) is 20.0. The third kappa shape index (κ3) is 5.28. The Balaban J connectivity index is 1.07. The van der Waals surface area contributed by atoms with Gasteiger partial charge >= 0.3 is 0 Å². The Labute approximate surface area is 329 Å². The number of fused-ring (bicyclic) bond motifs is 9. The molecule has 0 amide bonds. The fourth-order valence-corrected chi connectivity index (χ4v) is 9.59. The molecule has 10 rings (SSSR count). The van der Waals surface area contributed by atoms with Crippen molar-refractivity contribution in [3.63, 3.8) is 0 Å². The lowest BCUT2D eigenvalue weighted by Crippen LogP contribution is -2.45. The molecule has 2 aliphatic carbocycles. The predicted octanol–water partition coefficient (Wildman–Crippen LogP) is 12.4. The van der Waals surface area contributed by atoms with Gasteiger partial charge in [-0.3, -0.25) is 0 Å². The monoisotopic (exact) mass is 740 g/mol. The van der Waals surface area contributed by atoms with E-state index in [1.165, 1.54) is 44.5 Å². The maximum Gasteiger partial charge on any atom is 0.139 e. The van der Waals surface area contributed by atoms with Gasteiger partial charge in [-0.15, -0.1) is 0 Å². The number of methoxy groups -OCH3 is 1. The van der Waals surface area contributed by atoms with Crippen molar-refractivity contribution in [1.82, 2.24) is 0 Å². The number of furan rings is 1. The predicted molar refractivity (Wildman–Crippen MR) is 226 cm³/mol. The highest BCUT2D eigenvalue weighted by Gasteiger charge is 2.38. The van der Waals surface area contributed by atoms with Crippen molar-refractivity contribution < 1.29 is 23.4 Å². The second-order valence-corrected chi connectivity index (χ2v) is 17.1. The van der Waals surface area contributed by atoms with Gasteiger partial charge in [0.15, 0.2) is 0 Å². The number of rotatable bonds is 10. The van der Waals surface area contributed by atoms with Crippen LogP contribution in [0.4, 0.5) is 0 Å². The van der Waals surface area contributed by atoms with E-state index < -0.39 is 0 Å². The van der Waals surface area contributed by atoms with Crippen LogP contribution in [0.15, 0.2) is 114 Å². The maximum absolute atomic E-state index is 6.62. The molecule has 0 N–H and O–H groups in total. The summed E-state index contributed by atoms with van der Waals surface area (Å²) < 4.78 is 31.0. The van der Waals surface area contributed by atoms with Crippen LogP contribution < -0.4 is 9.47 Å². The maximum atomic E-state index is 6.62.